The Morgan fingerprint density at radius 1 is 0.939 bits per heavy atom. The quantitative estimate of drug-likeness (QED) is 0.278. The second-order valence-corrected chi connectivity index (χ2v) is 9.26. The molecule has 33 heavy (non-hydrogen) atoms. The van der Waals surface area contributed by atoms with Crippen LogP contribution in [-0.4, -0.2) is 30.9 Å². The summed E-state index contributed by atoms with van der Waals surface area (Å²) in [5.41, 5.74) is 4.75. The first kappa shape index (κ1) is 22.8. The minimum Gasteiger partial charge on any atom is -0.507 e. The van der Waals surface area contributed by atoms with Gasteiger partial charge in [0, 0.05) is 35.5 Å². The van der Waals surface area contributed by atoms with Crippen molar-refractivity contribution < 1.29 is 14.7 Å². The third kappa shape index (κ3) is 4.07. The maximum absolute atomic E-state index is 13.3. The molecule has 1 saturated heterocycles. The molecule has 0 aliphatic carbocycles. The highest BCUT2D eigenvalue weighted by Crippen LogP contribution is 2.43. The molecular formula is C27H25BrN2O3. The van der Waals surface area contributed by atoms with E-state index in [0.29, 0.717) is 11.3 Å². The predicted octanol–water partition coefficient (Wildman–Crippen LogP) is 5.76. The number of carbonyl (C=O) groups is 2. The summed E-state index contributed by atoms with van der Waals surface area (Å²) < 4.78 is 0.898. The fourth-order valence-corrected chi connectivity index (χ4v) is 4.38. The lowest BCUT2D eigenvalue weighted by Gasteiger charge is -2.27. The molecule has 1 fully saturated rings. The number of amides is 1. The van der Waals surface area contributed by atoms with Crippen LogP contribution in [0.15, 0.2) is 76.8 Å². The summed E-state index contributed by atoms with van der Waals surface area (Å²) in [6.45, 7) is 3.81. The molecule has 168 valence electrons. The fourth-order valence-electron chi connectivity index (χ4n) is 4.13. The van der Waals surface area contributed by atoms with Crippen LogP contribution in [0.5, 0.6) is 0 Å². The predicted molar refractivity (Wildman–Crippen MR) is 136 cm³/mol. The molecule has 0 radical (unpaired) electrons. The van der Waals surface area contributed by atoms with Crippen LogP contribution in [0, 0.1) is 13.8 Å². The maximum atomic E-state index is 13.3. The van der Waals surface area contributed by atoms with E-state index in [2.05, 4.69) is 15.9 Å². The number of para-hydroxylation sites is 1. The van der Waals surface area contributed by atoms with Gasteiger partial charge in [-0.05, 0) is 60.9 Å². The molecule has 3 aromatic carbocycles. The normalized spacial score (nSPS) is 17.5. The van der Waals surface area contributed by atoms with Crippen LogP contribution < -0.4 is 9.80 Å². The number of nitrogens with zero attached hydrogens (tertiary/aromatic N) is 2. The van der Waals surface area contributed by atoms with Gasteiger partial charge in [-0.25, -0.2) is 0 Å². The van der Waals surface area contributed by atoms with Crippen molar-refractivity contribution in [2.24, 2.45) is 0 Å². The average molecular weight is 505 g/mol. The number of aliphatic hydroxyl groups excluding tert-OH is 1. The third-order valence-electron chi connectivity index (χ3n) is 5.98. The summed E-state index contributed by atoms with van der Waals surface area (Å²) in [6, 6.07) is 19.8. The summed E-state index contributed by atoms with van der Waals surface area (Å²) >= 11 is 3.47. The van der Waals surface area contributed by atoms with Crippen LogP contribution in [0.25, 0.3) is 5.76 Å². The van der Waals surface area contributed by atoms with Crippen LogP contribution in [0.1, 0.15) is 28.3 Å². The van der Waals surface area contributed by atoms with Gasteiger partial charge in [0.25, 0.3) is 11.7 Å². The Morgan fingerprint density at radius 2 is 1.61 bits per heavy atom. The highest BCUT2D eigenvalue weighted by atomic mass is 79.9. The van der Waals surface area contributed by atoms with Gasteiger partial charge in [0.2, 0.25) is 0 Å². The van der Waals surface area contributed by atoms with E-state index in [4.69, 9.17) is 0 Å². The first-order valence-corrected chi connectivity index (χ1v) is 11.4. The number of anilines is 2. The van der Waals surface area contributed by atoms with Gasteiger partial charge < -0.3 is 10.0 Å². The minimum atomic E-state index is -0.744. The molecule has 1 aliphatic heterocycles. The van der Waals surface area contributed by atoms with Crippen molar-refractivity contribution in [3.05, 3.63) is 99.0 Å². The molecule has 0 spiro atoms. The Hall–Kier alpha value is -3.38. The van der Waals surface area contributed by atoms with Crippen molar-refractivity contribution >= 4 is 44.8 Å². The molecule has 0 bridgehead atoms. The third-order valence-corrected chi connectivity index (χ3v) is 6.87. The number of rotatable bonds is 4. The van der Waals surface area contributed by atoms with E-state index in [1.54, 1.807) is 12.1 Å². The molecule has 1 heterocycles. The molecule has 1 unspecified atom stereocenters. The van der Waals surface area contributed by atoms with Gasteiger partial charge in [-0.2, -0.15) is 0 Å². The Kier molecular flexibility index (Phi) is 6.13. The van der Waals surface area contributed by atoms with Crippen molar-refractivity contribution in [1.82, 2.24) is 0 Å². The monoisotopic (exact) mass is 504 g/mol. The summed E-state index contributed by atoms with van der Waals surface area (Å²) in [5.74, 6) is -1.53. The lowest BCUT2D eigenvalue weighted by molar-refractivity contribution is -0.132. The molecular weight excluding hydrogens is 480 g/mol. The first-order valence-electron chi connectivity index (χ1n) is 10.6. The van der Waals surface area contributed by atoms with E-state index < -0.39 is 17.7 Å². The molecule has 4 rings (SSSR count). The Balaban J connectivity index is 1.95. The molecule has 1 atom stereocenters. The number of halogens is 1. The highest BCUT2D eigenvalue weighted by molar-refractivity contribution is 9.10. The van der Waals surface area contributed by atoms with Gasteiger partial charge in [0.1, 0.15) is 5.76 Å². The lowest BCUT2D eigenvalue weighted by Crippen LogP contribution is -2.30. The van der Waals surface area contributed by atoms with E-state index in [1.165, 1.54) is 4.90 Å². The Morgan fingerprint density at radius 3 is 2.21 bits per heavy atom. The Bertz CT molecular complexity index is 1280. The average Bonchev–Trinajstić information content (AvgIpc) is 3.06. The van der Waals surface area contributed by atoms with Gasteiger partial charge in [-0.3, -0.25) is 14.5 Å². The second-order valence-electron chi connectivity index (χ2n) is 8.41. The van der Waals surface area contributed by atoms with Crippen molar-refractivity contribution in [3.8, 4) is 0 Å². The fraction of sp³-hybridized carbons (Fsp3) is 0.185. The van der Waals surface area contributed by atoms with Crippen LogP contribution in [0.2, 0.25) is 0 Å². The molecule has 3 aromatic rings. The lowest BCUT2D eigenvalue weighted by atomic mass is 9.94. The number of ketones is 1. The first-order chi connectivity index (χ1) is 15.7. The van der Waals surface area contributed by atoms with Crippen molar-refractivity contribution in [2.75, 3.05) is 23.9 Å². The molecule has 1 amide bonds. The van der Waals surface area contributed by atoms with E-state index in [1.807, 2.05) is 87.4 Å². The minimum absolute atomic E-state index is 0.0857. The number of benzene rings is 3. The number of aryl methyl sites for hydroxylation is 2. The van der Waals surface area contributed by atoms with Crippen LogP contribution >= 0.6 is 15.9 Å². The zero-order valence-corrected chi connectivity index (χ0v) is 20.6. The number of carbonyl (C=O) groups excluding carboxylic acids is 2. The summed E-state index contributed by atoms with van der Waals surface area (Å²) in [6.07, 6.45) is 0. The maximum Gasteiger partial charge on any atom is 0.300 e. The van der Waals surface area contributed by atoms with Crippen molar-refractivity contribution in [3.63, 3.8) is 0 Å². The summed E-state index contributed by atoms with van der Waals surface area (Å²) in [7, 11) is 3.90. The summed E-state index contributed by atoms with van der Waals surface area (Å²) in [5, 5.41) is 11.3. The molecule has 6 heteroatoms. The number of hydrogen-bond donors (Lipinski definition) is 1. The van der Waals surface area contributed by atoms with Crippen LogP contribution in [-0.2, 0) is 9.59 Å². The highest BCUT2D eigenvalue weighted by Gasteiger charge is 2.47. The van der Waals surface area contributed by atoms with Gasteiger partial charge >= 0.3 is 0 Å². The largest absolute Gasteiger partial charge is 0.507 e. The summed E-state index contributed by atoms with van der Waals surface area (Å²) in [4.78, 5) is 30.1. The number of Topliss-reactive ketones (excluding diaryl/α,β-unsaturated/α-hetero) is 1. The van der Waals surface area contributed by atoms with E-state index in [9.17, 15) is 14.7 Å². The SMILES string of the molecule is Cc1cc(/C(O)=C2/C(=O)C(=O)N(c3ccccc3C)C2c2ccc(N(C)C)cc2)ccc1Br. The van der Waals surface area contributed by atoms with Crippen molar-refractivity contribution in [1.29, 1.82) is 0 Å². The topological polar surface area (TPSA) is 60.9 Å². The molecule has 1 aliphatic rings. The van der Waals surface area contributed by atoms with Gasteiger partial charge in [0.05, 0.1) is 11.6 Å². The van der Waals surface area contributed by atoms with E-state index in [0.717, 1.165) is 26.9 Å². The van der Waals surface area contributed by atoms with E-state index >= 15 is 0 Å². The Labute approximate surface area is 202 Å². The smallest absolute Gasteiger partial charge is 0.300 e. The van der Waals surface area contributed by atoms with Gasteiger partial charge in [-0.15, -0.1) is 0 Å². The second kappa shape index (κ2) is 8.87. The molecule has 1 N–H and O–H groups in total. The van der Waals surface area contributed by atoms with E-state index in [-0.39, 0.29) is 11.3 Å². The van der Waals surface area contributed by atoms with Crippen LogP contribution in [0.4, 0.5) is 11.4 Å². The number of hydrogen-bond acceptors (Lipinski definition) is 4. The standard InChI is InChI=1S/C27H25BrN2O3/c1-16-7-5-6-8-22(16)30-24(18-9-12-20(13-10-18)29(3)4)23(26(32)27(30)33)25(31)19-11-14-21(28)17(2)15-19/h5-15,24,31H,1-4H3/b25-23-. The zero-order chi connectivity index (χ0) is 23.9. The molecule has 0 aromatic heterocycles. The van der Waals surface area contributed by atoms with Crippen molar-refractivity contribution in [2.45, 2.75) is 19.9 Å². The van der Waals surface area contributed by atoms with Gasteiger partial charge in [0.15, 0.2) is 0 Å². The van der Waals surface area contributed by atoms with Crippen LogP contribution in [0.3, 0.4) is 0 Å². The zero-order valence-electron chi connectivity index (χ0n) is 19.0. The molecule has 0 saturated carbocycles. The molecule has 5 nitrogen and oxygen atoms in total. The van der Waals surface area contributed by atoms with Gasteiger partial charge in [-0.1, -0.05) is 52.3 Å². The number of aliphatic hydroxyl groups is 1.